The van der Waals surface area contributed by atoms with Crippen LogP contribution < -0.4 is 11.1 Å². The highest BCUT2D eigenvalue weighted by Gasteiger charge is 2.18. The molecule has 0 aliphatic carbocycles. The third kappa shape index (κ3) is 3.10. The molecule has 0 bridgehead atoms. The maximum atomic E-state index is 9.39. The first kappa shape index (κ1) is 17.4. The summed E-state index contributed by atoms with van der Waals surface area (Å²) in [4.78, 5) is 12.7. The van der Waals surface area contributed by atoms with Gasteiger partial charge < -0.3 is 11.1 Å². The number of nitrogen functional groups attached to an aromatic ring is 1. The molecule has 1 atom stereocenters. The molecule has 1 unspecified atom stereocenters. The van der Waals surface area contributed by atoms with Gasteiger partial charge in [0.05, 0.1) is 11.6 Å². The second kappa shape index (κ2) is 7.33. The molecule has 0 saturated carbocycles. The van der Waals surface area contributed by atoms with E-state index in [2.05, 4.69) is 44.5 Å². The SMILES string of the molecule is CC(Nc1ncnc(N)c1C#N)c1cnc2ccccc2c1-c1ccccc1. The average molecular weight is 366 g/mol. The molecule has 0 amide bonds. The Morgan fingerprint density at radius 1 is 1.00 bits per heavy atom. The minimum absolute atomic E-state index is 0.159. The minimum Gasteiger partial charge on any atom is -0.382 e. The van der Waals surface area contributed by atoms with Gasteiger partial charge in [0.15, 0.2) is 0 Å². The predicted octanol–water partition coefficient (Wildman–Crippen LogP) is 4.32. The van der Waals surface area contributed by atoms with E-state index in [9.17, 15) is 5.26 Å². The van der Waals surface area contributed by atoms with E-state index >= 15 is 0 Å². The van der Waals surface area contributed by atoms with Gasteiger partial charge >= 0.3 is 0 Å². The van der Waals surface area contributed by atoms with Crippen LogP contribution in [0.15, 0.2) is 67.1 Å². The molecule has 0 aliphatic heterocycles. The highest BCUT2D eigenvalue weighted by atomic mass is 15.1. The van der Waals surface area contributed by atoms with Gasteiger partial charge in [-0.3, -0.25) is 4.98 Å². The summed E-state index contributed by atoms with van der Waals surface area (Å²) in [5.41, 5.74) is 10.2. The average Bonchev–Trinajstić information content (AvgIpc) is 2.73. The number of nitrogens with two attached hydrogens (primary N) is 1. The molecule has 0 saturated heterocycles. The van der Waals surface area contributed by atoms with Crippen molar-refractivity contribution in [3.05, 3.63) is 78.2 Å². The van der Waals surface area contributed by atoms with E-state index in [0.717, 1.165) is 27.6 Å². The zero-order chi connectivity index (χ0) is 19.5. The lowest BCUT2D eigenvalue weighted by atomic mass is 9.93. The molecule has 0 radical (unpaired) electrons. The lowest BCUT2D eigenvalue weighted by molar-refractivity contribution is 0.868. The van der Waals surface area contributed by atoms with Crippen LogP contribution in [0.1, 0.15) is 24.1 Å². The van der Waals surface area contributed by atoms with Crippen molar-refractivity contribution in [1.29, 1.82) is 5.26 Å². The highest BCUT2D eigenvalue weighted by molar-refractivity contribution is 5.96. The second-order valence-corrected chi connectivity index (χ2v) is 6.43. The fraction of sp³-hybridized carbons (Fsp3) is 0.0909. The molecular weight excluding hydrogens is 348 g/mol. The molecule has 2 aromatic heterocycles. The number of aromatic nitrogens is 3. The summed E-state index contributed by atoms with van der Waals surface area (Å²) in [6.07, 6.45) is 3.22. The summed E-state index contributed by atoms with van der Waals surface area (Å²) in [5, 5.41) is 13.8. The fourth-order valence-corrected chi connectivity index (χ4v) is 3.31. The van der Waals surface area contributed by atoms with Gasteiger partial charge in [0, 0.05) is 17.1 Å². The molecule has 0 spiro atoms. The van der Waals surface area contributed by atoms with Crippen molar-refractivity contribution in [3.63, 3.8) is 0 Å². The summed E-state index contributed by atoms with van der Waals surface area (Å²) in [5.74, 6) is 0.571. The maximum absolute atomic E-state index is 9.39. The van der Waals surface area contributed by atoms with E-state index in [0.29, 0.717) is 5.82 Å². The Hall–Kier alpha value is -3.98. The van der Waals surface area contributed by atoms with Gasteiger partial charge in [-0.25, -0.2) is 9.97 Å². The molecular formula is C22H18N6. The number of hydrogen-bond acceptors (Lipinski definition) is 6. The van der Waals surface area contributed by atoms with E-state index in [1.807, 2.05) is 49.5 Å². The van der Waals surface area contributed by atoms with Gasteiger partial charge in [0.2, 0.25) is 0 Å². The van der Waals surface area contributed by atoms with Gasteiger partial charge in [-0.15, -0.1) is 0 Å². The van der Waals surface area contributed by atoms with Crippen molar-refractivity contribution < 1.29 is 0 Å². The Labute approximate surface area is 162 Å². The van der Waals surface area contributed by atoms with Gasteiger partial charge in [-0.05, 0) is 24.1 Å². The predicted molar refractivity (Wildman–Crippen MR) is 110 cm³/mol. The van der Waals surface area contributed by atoms with Crippen molar-refractivity contribution in [1.82, 2.24) is 15.0 Å². The first-order valence-corrected chi connectivity index (χ1v) is 8.89. The van der Waals surface area contributed by atoms with Crippen molar-refractivity contribution in [2.45, 2.75) is 13.0 Å². The van der Waals surface area contributed by atoms with Crippen LogP contribution in [0.4, 0.5) is 11.6 Å². The van der Waals surface area contributed by atoms with Gasteiger partial charge in [-0.2, -0.15) is 5.26 Å². The van der Waals surface area contributed by atoms with Crippen molar-refractivity contribution >= 4 is 22.5 Å². The molecule has 2 aromatic carbocycles. The summed E-state index contributed by atoms with van der Waals surface area (Å²) in [7, 11) is 0. The molecule has 2 heterocycles. The van der Waals surface area contributed by atoms with Gasteiger partial charge in [0.25, 0.3) is 0 Å². The number of fused-ring (bicyclic) bond motifs is 1. The number of nitrogens with zero attached hydrogens (tertiary/aromatic N) is 4. The topological polar surface area (TPSA) is 101 Å². The van der Waals surface area contributed by atoms with E-state index in [1.165, 1.54) is 6.33 Å². The van der Waals surface area contributed by atoms with E-state index in [1.54, 1.807) is 0 Å². The number of nitriles is 1. The Balaban J connectivity index is 1.85. The molecule has 4 aromatic rings. The van der Waals surface area contributed by atoms with Gasteiger partial charge in [0.1, 0.15) is 29.6 Å². The molecule has 0 aliphatic rings. The number of rotatable bonds is 4. The normalized spacial score (nSPS) is 11.7. The number of anilines is 2. The van der Waals surface area contributed by atoms with Crippen LogP contribution >= 0.6 is 0 Å². The Morgan fingerprint density at radius 2 is 1.75 bits per heavy atom. The van der Waals surface area contributed by atoms with Crippen LogP contribution in [-0.4, -0.2) is 15.0 Å². The Kier molecular flexibility index (Phi) is 4.56. The first-order chi connectivity index (χ1) is 13.7. The first-order valence-electron chi connectivity index (χ1n) is 8.89. The van der Waals surface area contributed by atoms with Crippen molar-refractivity contribution in [3.8, 4) is 17.2 Å². The third-order valence-corrected chi connectivity index (χ3v) is 4.68. The number of para-hydroxylation sites is 1. The number of hydrogen-bond donors (Lipinski definition) is 2. The Morgan fingerprint density at radius 3 is 2.54 bits per heavy atom. The molecule has 4 rings (SSSR count). The molecule has 6 nitrogen and oxygen atoms in total. The maximum Gasteiger partial charge on any atom is 0.150 e. The standard InChI is InChI=1S/C22H18N6/c1-14(28-22-17(11-23)21(24)26-13-27-22)18-12-25-19-10-6-5-9-16(19)20(18)15-7-3-2-4-8-15/h2-10,12-14H,1H3,(H3,24,26,27,28). The summed E-state index contributed by atoms with van der Waals surface area (Å²) < 4.78 is 0. The lowest BCUT2D eigenvalue weighted by Gasteiger charge is -2.20. The molecule has 3 N–H and O–H groups in total. The summed E-state index contributed by atoms with van der Waals surface area (Å²) in [6, 6.07) is 20.2. The third-order valence-electron chi connectivity index (χ3n) is 4.68. The number of pyridine rings is 1. The van der Waals surface area contributed by atoms with E-state index in [-0.39, 0.29) is 17.4 Å². The quantitative estimate of drug-likeness (QED) is 0.558. The van der Waals surface area contributed by atoms with Crippen molar-refractivity contribution in [2.24, 2.45) is 0 Å². The van der Waals surface area contributed by atoms with Gasteiger partial charge in [-0.1, -0.05) is 48.5 Å². The minimum atomic E-state index is -0.159. The van der Waals surface area contributed by atoms with Crippen LogP contribution in [0.5, 0.6) is 0 Å². The monoisotopic (exact) mass is 366 g/mol. The Bertz CT molecular complexity index is 1180. The van der Waals surface area contributed by atoms with Crippen LogP contribution in [0.3, 0.4) is 0 Å². The zero-order valence-electron chi connectivity index (χ0n) is 15.3. The van der Waals surface area contributed by atoms with E-state index in [4.69, 9.17) is 5.73 Å². The fourth-order valence-electron chi connectivity index (χ4n) is 3.31. The highest BCUT2D eigenvalue weighted by Crippen LogP contribution is 2.35. The summed E-state index contributed by atoms with van der Waals surface area (Å²) in [6.45, 7) is 2.01. The molecule has 136 valence electrons. The van der Waals surface area contributed by atoms with Crippen LogP contribution in [0.2, 0.25) is 0 Å². The summed E-state index contributed by atoms with van der Waals surface area (Å²) >= 11 is 0. The smallest absolute Gasteiger partial charge is 0.150 e. The molecule has 6 heteroatoms. The second-order valence-electron chi connectivity index (χ2n) is 6.43. The number of benzene rings is 2. The lowest BCUT2D eigenvalue weighted by Crippen LogP contribution is -2.12. The van der Waals surface area contributed by atoms with Crippen LogP contribution in [-0.2, 0) is 0 Å². The molecule has 0 fully saturated rings. The molecule has 28 heavy (non-hydrogen) atoms. The van der Waals surface area contributed by atoms with E-state index < -0.39 is 0 Å². The zero-order valence-corrected chi connectivity index (χ0v) is 15.3. The van der Waals surface area contributed by atoms with Crippen molar-refractivity contribution in [2.75, 3.05) is 11.1 Å². The number of nitrogens with one attached hydrogen (secondary N) is 1. The largest absolute Gasteiger partial charge is 0.382 e. The van der Waals surface area contributed by atoms with Crippen LogP contribution in [0, 0.1) is 11.3 Å². The van der Waals surface area contributed by atoms with Crippen LogP contribution in [0.25, 0.3) is 22.0 Å².